The summed E-state index contributed by atoms with van der Waals surface area (Å²) in [4.78, 5) is 15.6. The minimum absolute atomic E-state index is 0.185. The molecule has 8 heterocycles. The van der Waals surface area contributed by atoms with Crippen molar-refractivity contribution in [1.29, 1.82) is 0 Å². The maximum Gasteiger partial charge on any atom is 0.0821 e. The van der Waals surface area contributed by atoms with Crippen LogP contribution in [0.1, 0.15) is 49.2 Å². The van der Waals surface area contributed by atoms with Crippen molar-refractivity contribution in [3.05, 3.63) is 84.2 Å². The molecule has 6 aliphatic heterocycles. The molecule has 0 spiro atoms. The van der Waals surface area contributed by atoms with Crippen LogP contribution >= 0.6 is 0 Å². The second kappa shape index (κ2) is 8.87. The molecule has 4 unspecified atom stereocenters. The van der Waals surface area contributed by atoms with Crippen molar-refractivity contribution in [2.24, 2.45) is 11.8 Å². The minimum Gasteiger partial charge on any atom is -0.370 e. The Morgan fingerprint density at radius 1 is 0.541 bits per heavy atom. The fourth-order valence-corrected chi connectivity index (χ4v) is 7.74. The Balaban J connectivity index is 1.16. The summed E-state index contributed by atoms with van der Waals surface area (Å²) < 4.78 is 7.39. The van der Waals surface area contributed by atoms with E-state index in [0.717, 1.165) is 37.2 Å². The first kappa shape index (κ1) is 22.2. The SMILES string of the molecule is c1ccc2nc(C3C(OC4C5CCN(CC5)C4c4ccc5ccccc5n4)C4CCN3CC4)ccc2c1. The first-order valence-corrected chi connectivity index (χ1v) is 14.2. The van der Waals surface area contributed by atoms with E-state index >= 15 is 0 Å². The summed E-state index contributed by atoms with van der Waals surface area (Å²) in [7, 11) is 0. The molecule has 2 aromatic carbocycles. The Morgan fingerprint density at radius 3 is 1.43 bits per heavy atom. The fraction of sp³-hybridized carbons (Fsp3) is 0.438. The summed E-state index contributed by atoms with van der Waals surface area (Å²) in [5.41, 5.74) is 4.52. The molecule has 0 N–H and O–H groups in total. The average Bonchev–Trinajstić information content (AvgIpc) is 2.98. The Labute approximate surface area is 218 Å². The molecule has 6 saturated heterocycles. The molecule has 37 heavy (non-hydrogen) atoms. The van der Waals surface area contributed by atoms with Crippen LogP contribution in [0.5, 0.6) is 0 Å². The minimum atomic E-state index is 0.185. The van der Waals surface area contributed by atoms with Gasteiger partial charge in [0.25, 0.3) is 0 Å². The van der Waals surface area contributed by atoms with E-state index in [9.17, 15) is 0 Å². The molecule has 4 bridgehead atoms. The number of piperidine rings is 6. The van der Waals surface area contributed by atoms with Crippen molar-refractivity contribution in [2.45, 2.75) is 50.0 Å². The molecule has 10 rings (SSSR count). The van der Waals surface area contributed by atoms with Crippen LogP contribution in [-0.4, -0.2) is 58.2 Å². The van der Waals surface area contributed by atoms with Gasteiger partial charge in [-0.2, -0.15) is 0 Å². The van der Waals surface area contributed by atoms with Crippen LogP contribution in [0.3, 0.4) is 0 Å². The van der Waals surface area contributed by atoms with Crippen LogP contribution in [0.15, 0.2) is 72.8 Å². The maximum atomic E-state index is 7.39. The number of rotatable bonds is 4. The zero-order valence-electron chi connectivity index (χ0n) is 21.2. The van der Waals surface area contributed by atoms with E-state index < -0.39 is 0 Å². The van der Waals surface area contributed by atoms with E-state index in [0.29, 0.717) is 11.8 Å². The van der Waals surface area contributed by atoms with Gasteiger partial charge in [-0.1, -0.05) is 48.5 Å². The smallest absolute Gasteiger partial charge is 0.0821 e. The van der Waals surface area contributed by atoms with E-state index in [4.69, 9.17) is 14.7 Å². The van der Waals surface area contributed by atoms with Crippen LogP contribution in [0.2, 0.25) is 0 Å². The highest BCUT2D eigenvalue weighted by atomic mass is 16.5. The molecule has 4 aromatic rings. The third-order valence-electron chi connectivity index (χ3n) is 9.65. The Kier molecular flexibility index (Phi) is 5.31. The van der Waals surface area contributed by atoms with E-state index in [2.05, 4.69) is 82.6 Å². The standard InChI is InChI=1S/C32H34N4O/c1-3-7-25-21(5-1)9-11-27(33-25)29-31(23-13-17-35(29)18-14-23)37-32-24-15-19-36(20-16-24)30(32)28-12-10-22-6-2-4-8-26(22)34-28/h1-12,23-24,29-32H,13-20H2. The van der Waals surface area contributed by atoms with E-state index in [1.807, 2.05) is 0 Å². The van der Waals surface area contributed by atoms with Gasteiger partial charge in [0.15, 0.2) is 0 Å². The normalized spacial score (nSPS) is 34.8. The first-order chi connectivity index (χ1) is 18.3. The van der Waals surface area contributed by atoms with Gasteiger partial charge in [-0.25, -0.2) is 0 Å². The second-order valence-electron chi connectivity index (χ2n) is 11.6. The summed E-state index contributed by atoms with van der Waals surface area (Å²) in [6.45, 7) is 4.61. The van der Waals surface area contributed by atoms with Crippen LogP contribution in [0, 0.1) is 11.8 Å². The lowest BCUT2D eigenvalue weighted by Crippen LogP contribution is -2.59. The average molecular weight is 491 g/mol. The van der Waals surface area contributed by atoms with Gasteiger partial charge >= 0.3 is 0 Å². The van der Waals surface area contributed by atoms with Gasteiger partial charge in [0, 0.05) is 10.8 Å². The third-order valence-corrected chi connectivity index (χ3v) is 9.65. The lowest BCUT2D eigenvalue weighted by molar-refractivity contribution is -0.194. The van der Waals surface area contributed by atoms with Crippen LogP contribution in [-0.2, 0) is 4.74 Å². The number of fused-ring (bicyclic) bond motifs is 8. The molecule has 5 heteroatoms. The first-order valence-electron chi connectivity index (χ1n) is 14.2. The number of ether oxygens (including phenoxy) is 1. The van der Waals surface area contributed by atoms with Crippen LogP contribution < -0.4 is 0 Å². The van der Waals surface area contributed by atoms with E-state index in [-0.39, 0.29) is 24.3 Å². The lowest BCUT2D eigenvalue weighted by atomic mass is 9.76. The van der Waals surface area contributed by atoms with Gasteiger partial charge < -0.3 is 4.74 Å². The van der Waals surface area contributed by atoms with Crippen LogP contribution in [0.25, 0.3) is 21.8 Å². The highest BCUT2D eigenvalue weighted by Crippen LogP contribution is 2.48. The molecule has 6 fully saturated rings. The second-order valence-corrected chi connectivity index (χ2v) is 11.6. The highest BCUT2D eigenvalue weighted by Gasteiger charge is 2.50. The topological polar surface area (TPSA) is 41.5 Å². The summed E-state index contributed by atoms with van der Waals surface area (Å²) in [6, 6.07) is 26.4. The number of para-hydroxylation sites is 2. The molecule has 4 atom stereocenters. The predicted molar refractivity (Wildman–Crippen MR) is 146 cm³/mol. The number of nitrogens with zero attached hydrogens (tertiary/aromatic N) is 4. The largest absolute Gasteiger partial charge is 0.370 e. The predicted octanol–water partition coefficient (Wildman–Crippen LogP) is 5.77. The quantitative estimate of drug-likeness (QED) is 0.363. The molecule has 2 aromatic heterocycles. The molecule has 188 valence electrons. The van der Waals surface area contributed by atoms with Crippen molar-refractivity contribution < 1.29 is 4.74 Å². The van der Waals surface area contributed by atoms with Gasteiger partial charge in [-0.3, -0.25) is 19.8 Å². The maximum absolute atomic E-state index is 7.39. The number of aromatic nitrogens is 2. The fourth-order valence-electron chi connectivity index (χ4n) is 7.74. The molecule has 0 radical (unpaired) electrons. The molecule has 5 nitrogen and oxygen atoms in total. The monoisotopic (exact) mass is 490 g/mol. The van der Waals surface area contributed by atoms with Crippen molar-refractivity contribution in [1.82, 2.24) is 19.8 Å². The van der Waals surface area contributed by atoms with Crippen LogP contribution in [0.4, 0.5) is 0 Å². The van der Waals surface area contributed by atoms with Crippen molar-refractivity contribution >= 4 is 21.8 Å². The summed E-state index contributed by atoms with van der Waals surface area (Å²) in [5.74, 6) is 1.20. The van der Waals surface area contributed by atoms with Gasteiger partial charge in [-0.05, 0) is 88.0 Å². The van der Waals surface area contributed by atoms with E-state index in [1.54, 1.807) is 0 Å². The molecule has 0 aliphatic carbocycles. The highest BCUT2D eigenvalue weighted by molar-refractivity contribution is 5.79. The van der Waals surface area contributed by atoms with Gasteiger partial charge in [0.05, 0.1) is 46.7 Å². The Bertz CT molecular complexity index is 1330. The molecule has 6 aliphatic rings. The zero-order chi connectivity index (χ0) is 24.3. The number of hydrogen-bond acceptors (Lipinski definition) is 5. The molecule has 0 saturated carbocycles. The number of pyridine rings is 2. The Hall–Kier alpha value is -2.86. The van der Waals surface area contributed by atoms with Crippen molar-refractivity contribution in [3.63, 3.8) is 0 Å². The molecule has 0 amide bonds. The van der Waals surface area contributed by atoms with Crippen molar-refractivity contribution in [2.75, 3.05) is 26.2 Å². The summed E-state index contributed by atoms with van der Waals surface area (Å²) in [5, 5.41) is 2.42. The van der Waals surface area contributed by atoms with Gasteiger partial charge in [0.2, 0.25) is 0 Å². The summed E-state index contributed by atoms with van der Waals surface area (Å²) >= 11 is 0. The zero-order valence-corrected chi connectivity index (χ0v) is 21.2. The summed E-state index contributed by atoms with van der Waals surface area (Å²) in [6.07, 6.45) is 5.29. The third kappa shape index (κ3) is 3.70. The van der Waals surface area contributed by atoms with Gasteiger partial charge in [0.1, 0.15) is 0 Å². The van der Waals surface area contributed by atoms with Gasteiger partial charge in [-0.15, -0.1) is 0 Å². The molecular formula is C32H34N4O. The molecular weight excluding hydrogens is 456 g/mol. The lowest BCUT2D eigenvalue weighted by Gasteiger charge is -2.55. The van der Waals surface area contributed by atoms with Crippen molar-refractivity contribution in [3.8, 4) is 0 Å². The number of hydrogen-bond donors (Lipinski definition) is 0. The number of benzene rings is 2. The Morgan fingerprint density at radius 2 is 0.973 bits per heavy atom. The van der Waals surface area contributed by atoms with E-state index in [1.165, 1.54) is 47.8 Å².